The average molecular weight is 369 g/mol. The van der Waals surface area contributed by atoms with E-state index in [9.17, 15) is 13.2 Å². The van der Waals surface area contributed by atoms with Crippen LogP contribution in [0.2, 0.25) is 0 Å². The molecular weight excluding hydrogens is 342 g/mol. The molecule has 140 valence electrons. The van der Waals surface area contributed by atoms with Crippen LogP contribution >= 0.6 is 0 Å². The summed E-state index contributed by atoms with van der Waals surface area (Å²) < 4.78 is 31.0. The highest BCUT2D eigenvalue weighted by Crippen LogP contribution is 2.28. The molecule has 8 heteroatoms. The number of hydrogen-bond acceptors (Lipinski definition) is 5. The smallest absolute Gasteiger partial charge is 0.242 e. The summed E-state index contributed by atoms with van der Waals surface area (Å²) in [6, 6.07) is 4.83. The fourth-order valence-electron chi connectivity index (χ4n) is 2.92. The van der Waals surface area contributed by atoms with E-state index in [0.717, 1.165) is 23.7 Å². The first-order valence-electron chi connectivity index (χ1n) is 8.40. The molecule has 0 unspecified atom stereocenters. The molecule has 7 nitrogen and oxygen atoms in total. The van der Waals surface area contributed by atoms with Gasteiger partial charge in [-0.3, -0.25) is 9.69 Å². The zero-order chi connectivity index (χ0) is 18.6. The molecule has 25 heavy (non-hydrogen) atoms. The van der Waals surface area contributed by atoms with E-state index in [0.29, 0.717) is 17.5 Å². The van der Waals surface area contributed by atoms with Crippen molar-refractivity contribution in [3.63, 3.8) is 0 Å². The Labute approximate surface area is 150 Å². The largest absolute Gasteiger partial charge is 0.495 e. The van der Waals surface area contributed by atoms with E-state index in [1.807, 2.05) is 0 Å². The monoisotopic (exact) mass is 369 g/mol. The van der Waals surface area contributed by atoms with Crippen molar-refractivity contribution in [2.75, 3.05) is 39.6 Å². The predicted octanol–water partition coefficient (Wildman–Crippen LogP) is 1.76. The second kappa shape index (κ2) is 8.16. The number of nitrogens with one attached hydrogen (secondary N) is 1. The minimum Gasteiger partial charge on any atom is -0.495 e. The fraction of sp³-hybridized carbons (Fsp3) is 0.588. The molecule has 1 amide bonds. The van der Waals surface area contributed by atoms with Gasteiger partial charge in [0.2, 0.25) is 15.9 Å². The predicted molar refractivity (Wildman–Crippen MR) is 97.4 cm³/mol. The molecule has 1 aliphatic rings. The maximum absolute atomic E-state index is 12.4. The van der Waals surface area contributed by atoms with Gasteiger partial charge in [-0.25, -0.2) is 12.7 Å². The van der Waals surface area contributed by atoms with Crippen molar-refractivity contribution < 1.29 is 17.9 Å². The normalized spacial score (nSPS) is 19.0. The lowest BCUT2D eigenvalue weighted by Gasteiger charge is -2.32. The number of amides is 1. The Balaban J connectivity index is 2.18. The third kappa shape index (κ3) is 4.71. The number of rotatable bonds is 6. The minimum absolute atomic E-state index is 0.111. The number of carbonyl (C=O) groups is 1. The Bertz CT molecular complexity index is 719. The zero-order valence-corrected chi connectivity index (χ0v) is 16.1. The maximum Gasteiger partial charge on any atom is 0.242 e. The van der Waals surface area contributed by atoms with Crippen LogP contribution in [0.15, 0.2) is 23.1 Å². The molecule has 0 radical (unpaired) electrons. The molecule has 0 aromatic heterocycles. The summed E-state index contributed by atoms with van der Waals surface area (Å²) in [6.45, 7) is 3.31. The van der Waals surface area contributed by atoms with Crippen LogP contribution in [0.5, 0.6) is 5.75 Å². The van der Waals surface area contributed by atoms with Crippen molar-refractivity contribution in [3.8, 4) is 5.75 Å². The number of carbonyl (C=O) groups excluding carboxylic acids is 1. The Morgan fingerprint density at radius 3 is 2.68 bits per heavy atom. The van der Waals surface area contributed by atoms with E-state index in [1.54, 1.807) is 6.07 Å². The zero-order valence-electron chi connectivity index (χ0n) is 15.3. The highest BCUT2D eigenvalue weighted by atomic mass is 32.2. The molecule has 1 aromatic carbocycles. The average Bonchev–Trinajstić information content (AvgIpc) is 2.56. The van der Waals surface area contributed by atoms with Gasteiger partial charge in [0.05, 0.1) is 24.2 Å². The van der Waals surface area contributed by atoms with E-state index >= 15 is 0 Å². The Morgan fingerprint density at radius 2 is 2.08 bits per heavy atom. The van der Waals surface area contributed by atoms with Crippen molar-refractivity contribution in [1.82, 2.24) is 9.21 Å². The van der Waals surface area contributed by atoms with Gasteiger partial charge in [-0.05, 0) is 44.5 Å². The second-order valence-electron chi connectivity index (χ2n) is 6.51. The molecule has 1 N–H and O–H groups in total. The van der Waals surface area contributed by atoms with Crippen LogP contribution in [-0.2, 0) is 14.8 Å². The Kier molecular flexibility index (Phi) is 6.42. The van der Waals surface area contributed by atoms with Crippen molar-refractivity contribution in [1.29, 1.82) is 0 Å². The first-order valence-corrected chi connectivity index (χ1v) is 9.84. The summed E-state index contributed by atoms with van der Waals surface area (Å²) in [5, 5.41) is 2.79. The van der Waals surface area contributed by atoms with Crippen molar-refractivity contribution in [2.24, 2.45) is 0 Å². The highest BCUT2D eigenvalue weighted by Gasteiger charge is 2.22. The molecular formula is C17H27N3O4S. The summed E-state index contributed by atoms with van der Waals surface area (Å²) in [5.74, 6) is 0.254. The molecule has 0 bridgehead atoms. The lowest BCUT2D eigenvalue weighted by Crippen LogP contribution is -2.42. The standard InChI is InChI=1S/C17H27N3O4S/c1-13-7-5-6-10-20(13)12-17(21)18-15-11-14(8-9-16(15)24-4)25(22,23)19(2)3/h8-9,11,13H,5-7,10,12H2,1-4H3,(H,18,21)/t13-/m0/s1. The molecule has 0 aliphatic carbocycles. The van der Waals surface area contributed by atoms with Gasteiger partial charge >= 0.3 is 0 Å². The van der Waals surface area contributed by atoms with Gasteiger partial charge in [0.25, 0.3) is 0 Å². The number of nitrogens with zero attached hydrogens (tertiary/aromatic N) is 2. The second-order valence-corrected chi connectivity index (χ2v) is 8.66. The summed E-state index contributed by atoms with van der Waals surface area (Å²) >= 11 is 0. The number of methoxy groups -OCH3 is 1. The highest BCUT2D eigenvalue weighted by molar-refractivity contribution is 7.89. The SMILES string of the molecule is COc1ccc(S(=O)(=O)N(C)C)cc1NC(=O)CN1CCCC[C@@H]1C. The quantitative estimate of drug-likeness (QED) is 0.827. The number of anilines is 1. The molecule has 1 saturated heterocycles. The van der Waals surface area contributed by atoms with E-state index in [4.69, 9.17) is 4.74 Å². The van der Waals surface area contributed by atoms with Crippen LogP contribution in [0.4, 0.5) is 5.69 Å². The maximum atomic E-state index is 12.4. The third-order valence-electron chi connectivity index (χ3n) is 4.51. The van der Waals surface area contributed by atoms with E-state index in [1.165, 1.54) is 39.8 Å². The first kappa shape index (κ1) is 19.7. The Hall–Kier alpha value is -1.64. The molecule has 1 atom stereocenters. The number of ether oxygens (including phenoxy) is 1. The van der Waals surface area contributed by atoms with E-state index in [-0.39, 0.29) is 17.3 Å². The lowest BCUT2D eigenvalue weighted by atomic mass is 10.0. The minimum atomic E-state index is -3.58. The number of benzene rings is 1. The molecule has 0 saturated carbocycles. The van der Waals surface area contributed by atoms with Crippen LogP contribution in [0.3, 0.4) is 0 Å². The topological polar surface area (TPSA) is 79.0 Å². The van der Waals surface area contributed by atoms with Crippen molar-refractivity contribution in [3.05, 3.63) is 18.2 Å². The molecule has 1 heterocycles. The molecule has 2 rings (SSSR count). The first-order chi connectivity index (χ1) is 11.8. The van der Waals surface area contributed by atoms with Crippen LogP contribution in [0.1, 0.15) is 26.2 Å². The van der Waals surface area contributed by atoms with Gasteiger partial charge in [0.1, 0.15) is 5.75 Å². The summed E-state index contributed by atoms with van der Waals surface area (Å²) in [4.78, 5) is 14.7. The van der Waals surface area contributed by atoms with Crippen molar-refractivity contribution in [2.45, 2.75) is 37.1 Å². The number of hydrogen-bond donors (Lipinski definition) is 1. The van der Waals surface area contributed by atoms with Crippen LogP contribution in [-0.4, -0.2) is 63.9 Å². The van der Waals surface area contributed by atoms with Gasteiger partial charge in [-0.1, -0.05) is 6.42 Å². The molecule has 1 fully saturated rings. The summed E-state index contributed by atoms with van der Waals surface area (Å²) in [5.41, 5.74) is 0.361. The number of piperidine rings is 1. The van der Waals surface area contributed by atoms with E-state index < -0.39 is 10.0 Å². The lowest BCUT2D eigenvalue weighted by molar-refractivity contribution is -0.118. The molecule has 1 aliphatic heterocycles. The van der Waals surface area contributed by atoms with Crippen LogP contribution < -0.4 is 10.1 Å². The van der Waals surface area contributed by atoms with Gasteiger partial charge in [-0.2, -0.15) is 0 Å². The van der Waals surface area contributed by atoms with Crippen molar-refractivity contribution >= 4 is 21.6 Å². The third-order valence-corrected chi connectivity index (χ3v) is 6.32. The number of sulfonamides is 1. The van der Waals surface area contributed by atoms with Crippen LogP contribution in [0, 0.1) is 0 Å². The van der Waals surface area contributed by atoms with E-state index in [2.05, 4.69) is 17.1 Å². The molecule has 0 spiro atoms. The fourth-order valence-corrected chi connectivity index (χ4v) is 3.85. The number of likely N-dealkylation sites (tertiary alicyclic amines) is 1. The van der Waals surface area contributed by atoms with Gasteiger partial charge in [-0.15, -0.1) is 0 Å². The molecule has 1 aromatic rings. The Morgan fingerprint density at radius 1 is 1.36 bits per heavy atom. The summed E-state index contributed by atoms with van der Waals surface area (Å²) in [6.07, 6.45) is 3.38. The van der Waals surface area contributed by atoms with Crippen LogP contribution in [0.25, 0.3) is 0 Å². The summed E-state index contributed by atoms with van der Waals surface area (Å²) in [7, 11) is 0.840. The van der Waals surface area contributed by atoms with Gasteiger partial charge in [0, 0.05) is 20.1 Å². The van der Waals surface area contributed by atoms with Gasteiger partial charge < -0.3 is 10.1 Å². The van der Waals surface area contributed by atoms with Gasteiger partial charge in [0.15, 0.2) is 0 Å².